The number of nitrogens with one attached hydrogen (secondary N) is 1. The highest BCUT2D eigenvalue weighted by Gasteiger charge is 2.39. The SMILES string of the molecule is CCN(C1CC2CCC(C1)N2)S(=O)(=O)C(C)C. The van der Waals surface area contributed by atoms with Gasteiger partial charge in [0.25, 0.3) is 0 Å². The van der Waals surface area contributed by atoms with Gasteiger partial charge in [-0.3, -0.25) is 0 Å². The van der Waals surface area contributed by atoms with Crippen molar-refractivity contribution in [3.63, 3.8) is 0 Å². The first-order valence-corrected chi connectivity index (χ1v) is 8.22. The molecule has 5 heteroatoms. The summed E-state index contributed by atoms with van der Waals surface area (Å²) in [7, 11) is -3.10. The molecule has 2 aliphatic rings. The Balaban J connectivity index is 2.14. The van der Waals surface area contributed by atoms with Crippen LogP contribution in [0.3, 0.4) is 0 Å². The first kappa shape index (κ1) is 13.3. The molecule has 0 aliphatic carbocycles. The lowest BCUT2D eigenvalue weighted by atomic mass is 10.00. The van der Waals surface area contributed by atoms with E-state index in [1.165, 1.54) is 12.8 Å². The van der Waals surface area contributed by atoms with Crippen LogP contribution in [0.5, 0.6) is 0 Å². The molecule has 2 aliphatic heterocycles. The fraction of sp³-hybridized carbons (Fsp3) is 1.00. The van der Waals surface area contributed by atoms with E-state index in [-0.39, 0.29) is 11.3 Å². The Kier molecular flexibility index (Phi) is 3.80. The molecule has 2 bridgehead atoms. The summed E-state index contributed by atoms with van der Waals surface area (Å²) in [5, 5.41) is 3.25. The van der Waals surface area contributed by atoms with E-state index in [0.717, 1.165) is 12.8 Å². The molecule has 0 spiro atoms. The summed E-state index contributed by atoms with van der Waals surface area (Å²) in [6.07, 6.45) is 4.38. The predicted molar refractivity (Wildman–Crippen MR) is 69.4 cm³/mol. The molecule has 2 rings (SSSR count). The van der Waals surface area contributed by atoms with E-state index in [4.69, 9.17) is 0 Å². The lowest BCUT2D eigenvalue weighted by molar-refractivity contribution is 0.231. The van der Waals surface area contributed by atoms with Crippen molar-refractivity contribution in [3.05, 3.63) is 0 Å². The molecule has 0 amide bonds. The van der Waals surface area contributed by atoms with Crippen molar-refractivity contribution in [2.75, 3.05) is 6.54 Å². The molecule has 2 atom stereocenters. The Bertz CT molecular complexity index is 355. The minimum absolute atomic E-state index is 0.214. The van der Waals surface area contributed by atoms with Crippen LogP contribution in [0, 0.1) is 0 Å². The molecule has 1 N–H and O–H groups in total. The first-order valence-electron chi connectivity index (χ1n) is 6.71. The van der Waals surface area contributed by atoms with E-state index < -0.39 is 10.0 Å². The summed E-state index contributed by atoms with van der Waals surface area (Å²) >= 11 is 0. The molecule has 4 nitrogen and oxygen atoms in total. The molecule has 2 heterocycles. The standard InChI is InChI=1S/C12H24N2O2S/c1-4-14(17(15,16)9(2)3)12-7-10-5-6-11(8-12)13-10/h9-13H,4-8H2,1-3H3. The number of piperidine rings is 1. The largest absolute Gasteiger partial charge is 0.311 e. The normalized spacial score (nSPS) is 33.6. The van der Waals surface area contributed by atoms with Crippen molar-refractivity contribution >= 4 is 10.0 Å². The fourth-order valence-corrected chi connectivity index (χ4v) is 4.67. The third kappa shape index (κ3) is 2.51. The van der Waals surface area contributed by atoms with Gasteiger partial charge in [0, 0.05) is 24.7 Å². The second kappa shape index (κ2) is 4.86. The molecule has 0 aromatic rings. The summed E-state index contributed by atoms with van der Waals surface area (Å²) in [5.41, 5.74) is 0. The van der Waals surface area contributed by atoms with Gasteiger partial charge in [-0.15, -0.1) is 0 Å². The van der Waals surface area contributed by atoms with E-state index in [9.17, 15) is 8.42 Å². The van der Waals surface area contributed by atoms with Crippen molar-refractivity contribution in [1.82, 2.24) is 9.62 Å². The van der Waals surface area contributed by atoms with Crippen LogP contribution < -0.4 is 5.32 Å². The van der Waals surface area contributed by atoms with Crippen molar-refractivity contribution in [2.45, 2.75) is 69.8 Å². The number of hydrogen-bond donors (Lipinski definition) is 1. The molecule has 0 aromatic heterocycles. The second-order valence-electron chi connectivity index (χ2n) is 5.56. The van der Waals surface area contributed by atoms with Crippen LogP contribution in [-0.2, 0) is 10.0 Å². The molecule has 0 radical (unpaired) electrons. The maximum Gasteiger partial charge on any atom is 0.216 e. The van der Waals surface area contributed by atoms with Gasteiger partial charge in [0.2, 0.25) is 10.0 Å². The van der Waals surface area contributed by atoms with Gasteiger partial charge in [0.15, 0.2) is 0 Å². The van der Waals surface area contributed by atoms with E-state index >= 15 is 0 Å². The summed E-state index contributed by atoms with van der Waals surface area (Å²) < 4.78 is 26.3. The summed E-state index contributed by atoms with van der Waals surface area (Å²) in [6, 6.07) is 1.29. The average Bonchev–Trinajstić information content (AvgIpc) is 2.58. The number of hydrogen-bond acceptors (Lipinski definition) is 3. The highest BCUT2D eigenvalue weighted by atomic mass is 32.2. The van der Waals surface area contributed by atoms with Crippen LogP contribution in [0.25, 0.3) is 0 Å². The molecular formula is C12H24N2O2S. The van der Waals surface area contributed by atoms with Gasteiger partial charge in [-0.25, -0.2) is 8.42 Å². The lowest BCUT2D eigenvalue weighted by Crippen LogP contribution is -2.51. The Labute approximate surface area is 105 Å². The zero-order valence-corrected chi connectivity index (χ0v) is 11.8. The highest BCUT2D eigenvalue weighted by molar-refractivity contribution is 7.89. The molecule has 100 valence electrons. The topological polar surface area (TPSA) is 49.4 Å². The number of fused-ring (bicyclic) bond motifs is 2. The van der Waals surface area contributed by atoms with Crippen molar-refractivity contribution in [1.29, 1.82) is 0 Å². The fourth-order valence-electron chi connectivity index (χ4n) is 3.18. The molecule has 2 fully saturated rings. The average molecular weight is 260 g/mol. The van der Waals surface area contributed by atoms with E-state index in [1.54, 1.807) is 18.2 Å². The van der Waals surface area contributed by atoms with Gasteiger partial charge in [-0.1, -0.05) is 6.92 Å². The van der Waals surface area contributed by atoms with E-state index in [0.29, 0.717) is 18.6 Å². The molecule has 2 saturated heterocycles. The zero-order chi connectivity index (χ0) is 12.6. The van der Waals surface area contributed by atoms with Gasteiger partial charge in [-0.05, 0) is 39.5 Å². The minimum atomic E-state index is -3.10. The molecule has 17 heavy (non-hydrogen) atoms. The number of sulfonamides is 1. The van der Waals surface area contributed by atoms with E-state index in [1.807, 2.05) is 6.92 Å². The van der Waals surface area contributed by atoms with Gasteiger partial charge in [-0.2, -0.15) is 4.31 Å². The summed E-state index contributed by atoms with van der Waals surface area (Å²) in [6.45, 7) is 6.09. The van der Waals surface area contributed by atoms with E-state index in [2.05, 4.69) is 5.32 Å². The summed E-state index contributed by atoms with van der Waals surface area (Å²) in [5.74, 6) is 0. The van der Waals surface area contributed by atoms with Crippen LogP contribution in [0.2, 0.25) is 0 Å². The molecule has 2 unspecified atom stereocenters. The van der Waals surface area contributed by atoms with Crippen molar-refractivity contribution < 1.29 is 8.42 Å². The van der Waals surface area contributed by atoms with Crippen molar-refractivity contribution in [3.8, 4) is 0 Å². The highest BCUT2D eigenvalue weighted by Crippen LogP contribution is 2.31. The van der Waals surface area contributed by atoms with Gasteiger partial charge >= 0.3 is 0 Å². The smallest absolute Gasteiger partial charge is 0.216 e. The summed E-state index contributed by atoms with van der Waals surface area (Å²) in [4.78, 5) is 0. The second-order valence-corrected chi connectivity index (χ2v) is 8.00. The maximum atomic E-state index is 12.3. The van der Waals surface area contributed by atoms with Crippen LogP contribution in [0.15, 0.2) is 0 Å². The Morgan fingerprint density at radius 3 is 2.18 bits per heavy atom. The molecule has 0 aromatic carbocycles. The molecular weight excluding hydrogens is 236 g/mol. The first-order chi connectivity index (χ1) is 7.95. The number of nitrogens with zero attached hydrogens (tertiary/aromatic N) is 1. The molecule has 0 saturated carbocycles. The number of rotatable bonds is 4. The van der Waals surface area contributed by atoms with Crippen molar-refractivity contribution in [2.24, 2.45) is 0 Å². The zero-order valence-electron chi connectivity index (χ0n) is 11.0. The van der Waals surface area contributed by atoms with Gasteiger partial charge < -0.3 is 5.32 Å². The maximum absolute atomic E-state index is 12.3. The quantitative estimate of drug-likeness (QED) is 0.829. The van der Waals surface area contributed by atoms with Crippen LogP contribution in [-0.4, -0.2) is 42.6 Å². The minimum Gasteiger partial charge on any atom is -0.311 e. The monoisotopic (exact) mass is 260 g/mol. The Morgan fingerprint density at radius 2 is 1.76 bits per heavy atom. The van der Waals surface area contributed by atoms with Gasteiger partial charge in [0.05, 0.1) is 5.25 Å². The van der Waals surface area contributed by atoms with Crippen LogP contribution in [0.1, 0.15) is 46.5 Å². The Morgan fingerprint density at radius 1 is 1.24 bits per heavy atom. The van der Waals surface area contributed by atoms with Crippen LogP contribution in [0.4, 0.5) is 0 Å². The van der Waals surface area contributed by atoms with Crippen LogP contribution >= 0.6 is 0 Å². The predicted octanol–water partition coefficient (Wildman–Crippen LogP) is 1.33. The third-order valence-electron chi connectivity index (χ3n) is 4.09. The lowest BCUT2D eigenvalue weighted by Gasteiger charge is -2.37. The van der Waals surface area contributed by atoms with Gasteiger partial charge in [0.1, 0.15) is 0 Å². The third-order valence-corrected chi connectivity index (χ3v) is 6.49. The Hall–Kier alpha value is -0.130.